The van der Waals surface area contributed by atoms with E-state index < -0.39 is 0 Å². The van der Waals surface area contributed by atoms with Crippen LogP contribution in [0.4, 0.5) is 5.82 Å². The minimum atomic E-state index is -0.218. The van der Waals surface area contributed by atoms with Gasteiger partial charge in [-0.25, -0.2) is 9.78 Å². The normalized spacial score (nSPS) is 18.0. The molecule has 0 unspecified atom stereocenters. The molecule has 0 radical (unpaired) electrons. The lowest BCUT2D eigenvalue weighted by atomic mass is 10.1. The van der Waals surface area contributed by atoms with E-state index >= 15 is 0 Å². The molecular weight excluding hydrogens is 304 g/mol. The van der Waals surface area contributed by atoms with Crippen LogP contribution in [0.3, 0.4) is 0 Å². The maximum absolute atomic E-state index is 11.3. The van der Waals surface area contributed by atoms with Gasteiger partial charge in [-0.1, -0.05) is 0 Å². The van der Waals surface area contributed by atoms with Gasteiger partial charge in [0.15, 0.2) is 5.82 Å². The lowest BCUT2D eigenvalue weighted by Crippen LogP contribution is -2.58. The fourth-order valence-electron chi connectivity index (χ4n) is 3.09. The van der Waals surface area contributed by atoms with Crippen LogP contribution in [0.15, 0.2) is 29.3 Å². The smallest absolute Gasteiger partial charge is 0.347 e. The quantitative estimate of drug-likeness (QED) is 0.808. The zero-order chi connectivity index (χ0) is 16.7. The van der Waals surface area contributed by atoms with Crippen LogP contribution in [-0.2, 0) is 13.6 Å². The number of hydrogen-bond acceptors (Lipinski definition) is 6. The predicted molar refractivity (Wildman–Crippen MR) is 91.0 cm³/mol. The van der Waals surface area contributed by atoms with E-state index in [9.17, 15) is 4.79 Å². The number of hydrogen-bond donors (Lipinski definition) is 0. The Kier molecular flexibility index (Phi) is 3.80. The van der Waals surface area contributed by atoms with Crippen LogP contribution in [0.25, 0.3) is 0 Å². The minimum absolute atomic E-state index is 0.218. The first-order chi connectivity index (χ1) is 11.6. The molecule has 2 aliphatic rings. The van der Waals surface area contributed by atoms with Gasteiger partial charge in [0, 0.05) is 56.6 Å². The van der Waals surface area contributed by atoms with Gasteiger partial charge in [0.05, 0.1) is 5.69 Å². The van der Waals surface area contributed by atoms with E-state index in [1.165, 1.54) is 17.4 Å². The highest BCUT2D eigenvalue weighted by Crippen LogP contribution is 2.38. The fourth-order valence-corrected chi connectivity index (χ4v) is 3.09. The van der Waals surface area contributed by atoms with Gasteiger partial charge in [0.1, 0.15) is 0 Å². The first-order valence-electron chi connectivity index (χ1n) is 8.40. The molecule has 7 heteroatoms. The molecule has 2 aromatic rings. The number of rotatable bonds is 5. The molecule has 0 aromatic carbocycles. The number of aromatic nitrogens is 4. The molecule has 1 aliphatic heterocycles. The Balaban J connectivity index is 1.32. The van der Waals surface area contributed by atoms with Gasteiger partial charge >= 0.3 is 5.69 Å². The second kappa shape index (κ2) is 5.98. The van der Waals surface area contributed by atoms with Crippen molar-refractivity contribution >= 4 is 5.82 Å². The monoisotopic (exact) mass is 326 g/mol. The van der Waals surface area contributed by atoms with Crippen LogP contribution >= 0.6 is 0 Å². The fraction of sp³-hybridized carbons (Fsp3) is 0.529. The lowest BCUT2D eigenvalue weighted by molar-refractivity contribution is 0.196. The molecule has 2 aromatic heterocycles. The summed E-state index contributed by atoms with van der Waals surface area (Å²) in [6.07, 6.45) is 6.02. The maximum Gasteiger partial charge on any atom is 0.347 e. The molecule has 0 amide bonds. The average molecular weight is 326 g/mol. The maximum atomic E-state index is 11.3. The van der Waals surface area contributed by atoms with Gasteiger partial charge in [-0.15, -0.1) is 5.10 Å². The summed E-state index contributed by atoms with van der Waals surface area (Å²) in [5.74, 6) is 1.62. The molecule has 126 valence electrons. The Morgan fingerprint density at radius 3 is 2.67 bits per heavy atom. The highest BCUT2D eigenvalue weighted by Gasteiger charge is 2.32. The van der Waals surface area contributed by atoms with Crippen molar-refractivity contribution < 1.29 is 0 Å². The van der Waals surface area contributed by atoms with Crippen molar-refractivity contribution in [2.24, 2.45) is 7.05 Å². The summed E-state index contributed by atoms with van der Waals surface area (Å²) in [4.78, 5) is 19.8. The highest BCUT2D eigenvalue weighted by atomic mass is 16.1. The Labute approximate surface area is 140 Å². The van der Waals surface area contributed by atoms with Crippen molar-refractivity contribution in [3.63, 3.8) is 0 Å². The first kappa shape index (κ1) is 15.3. The van der Waals surface area contributed by atoms with Crippen LogP contribution in [0, 0.1) is 0 Å². The highest BCUT2D eigenvalue weighted by molar-refractivity contribution is 5.42. The Bertz CT molecular complexity index is 776. The molecule has 1 aliphatic carbocycles. The third-order valence-electron chi connectivity index (χ3n) is 4.91. The van der Waals surface area contributed by atoms with Crippen molar-refractivity contribution in [2.45, 2.75) is 31.3 Å². The molecule has 3 heterocycles. The Morgan fingerprint density at radius 1 is 1.25 bits per heavy atom. The summed E-state index contributed by atoms with van der Waals surface area (Å²) in [5, 5.41) is 8.72. The molecule has 24 heavy (non-hydrogen) atoms. The third kappa shape index (κ3) is 3.03. The van der Waals surface area contributed by atoms with E-state index in [0.717, 1.165) is 36.7 Å². The van der Waals surface area contributed by atoms with Gasteiger partial charge in [0.25, 0.3) is 0 Å². The Hall–Kier alpha value is -2.28. The van der Waals surface area contributed by atoms with Crippen molar-refractivity contribution in [3.8, 4) is 0 Å². The van der Waals surface area contributed by atoms with Crippen LogP contribution in [-0.4, -0.2) is 50.8 Å². The van der Waals surface area contributed by atoms with E-state index in [4.69, 9.17) is 0 Å². The second-order valence-corrected chi connectivity index (χ2v) is 6.92. The second-order valence-electron chi connectivity index (χ2n) is 6.92. The molecule has 0 atom stereocenters. The van der Waals surface area contributed by atoms with Gasteiger partial charge in [0.2, 0.25) is 0 Å². The SMILES string of the molecule is CN(Cc1cnc(=O)n(C)c1)C1CN(c2ccc(C3CC3)nn2)C1. The van der Waals surface area contributed by atoms with Crippen LogP contribution in [0.1, 0.15) is 30.0 Å². The largest absolute Gasteiger partial charge is 0.352 e. The van der Waals surface area contributed by atoms with Crippen LogP contribution < -0.4 is 10.6 Å². The van der Waals surface area contributed by atoms with Gasteiger partial charge in [-0.3, -0.25) is 4.90 Å². The molecule has 0 N–H and O–H groups in total. The molecule has 4 rings (SSSR count). The zero-order valence-corrected chi connectivity index (χ0v) is 14.1. The van der Waals surface area contributed by atoms with Crippen molar-refractivity contribution in [1.82, 2.24) is 24.6 Å². The minimum Gasteiger partial charge on any atom is -0.352 e. The summed E-state index contributed by atoms with van der Waals surface area (Å²) in [6.45, 7) is 2.69. The third-order valence-corrected chi connectivity index (χ3v) is 4.91. The summed E-state index contributed by atoms with van der Waals surface area (Å²) in [7, 11) is 3.84. The molecule has 7 nitrogen and oxygen atoms in total. The summed E-state index contributed by atoms with van der Waals surface area (Å²) in [5.41, 5.74) is 1.96. The van der Waals surface area contributed by atoms with Crippen molar-refractivity contribution in [3.05, 3.63) is 46.3 Å². The van der Waals surface area contributed by atoms with E-state index in [1.807, 2.05) is 6.20 Å². The molecule has 0 bridgehead atoms. The van der Waals surface area contributed by atoms with Crippen LogP contribution in [0.5, 0.6) is 0 Å². The molecule has 1 saturated carbocycles. The average Bonchev–Trinajstić information content (AvgIpc) is 3.35. The van der Waals surface area contributed by atoms with E-state index in [2.05, 4.69) is 44.2 Å². The standard InChI is InChI=1S/C17H22N6O/c1-21(8-12-7-18-17(24)22(2)9-12)14-10-23(11-14)16-6-5-15(19-20-16)13-3-4-13/h5-7,9,13-14H,3-4,8,10-11H2,1-2H3. The van der Waals surface area contributed by atoms with Crippen molar-refractivity contribution in [1.29, 1.82) is 0 Å². The zero-order valence-electron chi connectivity index (χ0n) is 14.1. The van der Waals surface area contributed by atoms with E-state index in [0.29, 0.717) is 12.0 Å². The van der Waals surface area contributed by atoms with Gasteiger partial charge < -0.3 is 9.47 Å². The number of anilines is 1. The van der Waals surface area contributed by atoms with Gasteiger partial charge in [-0.05, 0) is 32.0 Å². The van der Waals surface area contributed by atoms with E-state index in [1.54, 1.807) is 13.2 Å². The van der Waals surface area contributed by atoms with Gasteiger partial charge in [-0.2, -0.15) is 5.10 Å². The summed E-state index contributed by atoms with van der Waals surface area (Å²) < 4.78 is 1.52. The summed E-state index contributed by atoms with van der Waals surface area (Å²) >= 11 is 0. The summed E-state index contributed by atoms with van der Waals surface area (Å²) in [6, 6.07) is 4.69. The molecular formula is C17H22N6O. The Morgan fingerprint density at radius 2 is 2.04 bits per heavy atom. The topological polar surface area (TPSA) is 67.2 Å². The number of likely N-dealkylation sites (N-methyl/N-ethyl adjacent to an activating group) is 1. The molecule has 1 saturated heterocycles. The lowest BCUT2D eigenvalue weighted by Gasteiger charge is -2.44. The number of nitrogens with zero attached hydrogens (tertiary/aromatic N) is 6. The van der Waals surface area contributed by atoms with Crippen molar-refractivity contribution in [2.75, 3.05) is 25.0 Å². The first-order valence-corrected chi connectivity index (χ1v) is 8.40. The van der Waals surface area contributed by atoms with E-state index in [-0.39, 0.29) is 5.69 Å². The van der Waals surface area contributed by atoms with Crippen LogP contribution in [0.2, 0.25) is 0 Å². The number of aryl methyl sites for hydroxylation is 1. The predicted octanol–water partition coefficient (Wildman–Crippen LogP) is 0.768. The molecule has 2 fully saturated rings. The molecule has 0 spiro atoms.